The number of nitrogens with zero attached hydrogens (tertiary/aromatic N) is 2. The fourth-order valence-corrected chi connectivity index (χ4v) is 4.05. The minimum absolute atomic E-state index is 0.482. The molecule has 0 aromatic heterocycles. The van der Waals surface area contributed by atoms with Gasteiger partial charge < -0.3 is 19.2 Å². The molecule has 1 heterocycles. The van der Waals surface area contributed by atoms with Gasteiger partial charge in [0.15, 0.2) is 6.29 Å². The largest absolute Gasteiger partial charge is 0.456 e. The Balaban J connectivity index is 2.08. The van der Waals surface area contributed by atoms with Gasteiger partial charge in [0.25, 0.3) is 0 Å². The van der Waals surface area contributed by atoms with Gasteiger partial charge in [-0.15, -0.1) is 0 Å². The van der Waals surface area contributed by atoms with Gasteiger partial charge in [0, 0.05) is 54.0 Å². The van der Waals surface area contributed by atoms with Gasteiger partial charge in [-0.2, -0.15) is 0 Å². The van der Waals surface area contributed by atoms with E-state index in [1.54, 1.807) is 0 Å². The number of aliphatic hydroxyl groups is 1. The monoisotopic (exact) mass is 445 g/mol. The van der Waals surface area contributed by atoms with Gasteiger partial charge in [-0.25, -0.2) is 4.58 Å². The molecule has 1 aliphatic carbocycles. The number of ether oxygens (including phenoxy) is 1. The second-order valence-electron chi connectivity index (χ2n) is 9.80. The lowest BCUT2D eigenvalue weighted by molar-refractivity contribution is -0.169. The fraction of sp³-hybridized carbons (Fsp3) is 0.321. The maximum atomic E-state index is 11.0. The molecule has 172 valence electrons. The SMILES string of the molecule is CN(C)c1ccc2c(-c3ccccc3C(O)OC(C)(C)C)c3ccc(=[N+](C)C)cc-3oc2c1. The van der Waals surface area contributed by atoms with Crippen LogP contribution in [0.3, 0.4) is 0 Å². The summed E-state index contributed by atoms with van der Waals surface area (Å²) >= 11 is 0. The van der Waals surface area contributed by atoms with Gasteiger partial charge in [0.1, 0.15) is 25.4 Å². The van der Waals surface area contributed by atoms with Crippen molar-refractivity contribution in [1.29, 1.82) is 0 Å². The minimum Gasteiger partial charge on any atom is -0.456 e. The third-order valence-electron chi connectivity index (χ3n) is 5.68. The topological polar surface area (TPSA) is 48.9 Å². The van der Waals surface area contributed by atoms with E-state index in [0.717, 1.165) is 50.0 Å². The van der Waals surface area contributed by atoms with Crippen molar-refractivity contribution in [1.82, 2.24) is 4.58 Å². The van der Waals surface area contributed by atoms with Crippen LogP contribution in [0.25, 0.3) is 33.4 Å². The van der Waals surface area contributed by atoms with Gasteiger partial charge in [-0.1, -0.05) is 24.3 Å². The quantitative estimate of drug-likeness (QED) is 0.269. The molecular weight excluding hydrogens is 412 g/mol. The number of anilines is 1. The van der Waals surface area contributed by atoms with Crippen LogP contribution < -0.4 is 14.8 Å². The van der Waals surface area contributed by atoms with Crippen LogP contribution in [0.2, 0.25) is 0 Å². The molecule has 0 saturated heterocycles. The summed E-state index contributed by atoms with van der Waals surface area (Å²) in [6, 6.07) is 20.4. The molecular formula is C28H33N2O3+. The molecule has 0 fully saturated rings. The lowest BCUT2D eigenvalue weighted by Crippen LogP contribution is -2.23. The molecule has 0 amide bonds. The summed E-state index contributed by atoms with van der Waals surface area (Å²) in [4.78, 5) is 2.06. The predicted octanol–water partition coefficient (Wildman–Crippen LogP) is 5.11. The third kappa shape index (κ3) is 4.65. The normalized spacial score (nSPS) is 12.8. The van der Waals surface area contributed by atoms with Crippen LogP contribution in [0.15, 0.2) is 65.1 Å². The lowest BCUT2D eigenvalue weighted by Gasteiger charge is -2.26. The average molecular weight is 446 g/mol. The first kappa shape index (κ1) is 23.0. The van der Waals surface area contributed by atoms with Gasteiger partial charge >= 0.3 is 0 Å². The van der Waals surface area contributed by atoms with Crippen LogP contribution in [0, 0.1) is 0 Å². The first-order valence-corrected chi connectivity index (χ1v) is 11.2. The summed E-state index contributed by atoms with van der Waals surface area (Å²) in [5, 5.41) is 13.1. The van der Waals surface area contributed by atoms with E-state index in [-0.39, 0.29) is 0 Å². The third-order valence-corrected chi connectivity index (χ3v) is 5.68. The molecule has 1 unspecified atom stereocenters. The maximum Gasteiger partial charge on any atom is 0.203 e. The van der Waals surface area contributed by atoms with E-state index >= 15 is 0 Å². The van der Waals surface area contributed by atoms with Crippen molar-refractivity contribution in [2.45, 2.75) is 32.7 Å². The Hall–Kier alpha value is -3.15. The van der Waals surface area contributed by atoms with Gasteiger partial charge in [-0.05, 0) is 44.5 Å². The van der Waals surface area contributed by atoms with Crippen molar-refractivity contribution >= 4 is 16.7 Å². The summed E-state index contributed by atoms with van der Waals surface area (Å²) in [5.74, 6) is 0.792. The second kappa shape index (κ2) is 8.65. The maximum absolute atomic E-state index is 11.0. The minimum atomic E-state index is -1.05. The summed E-state index contributed by atoms with van der Waals surface area (Å²) in [6.45, 7) is 5.82. The Morgan fingerprint density at radius 2 is 1.67 bits per heavy atom. The molecule has 2 aliphatic rings. The van der Waals surface area contributed by atoms with Crippen LogP contribution in [0.1, 0.15) is 32.6 Å². The molecule has 5 heteroatoms. The van der Waals surface area contributed by atoms with Crippen LogP contribution in [0.5, 0.6) is 0 Å². The summed E-state index contributed by atoms with van der Waals surface area (Å²) < 4.78 is 14.4. The van der Waals surface area contributed by atoms with E-state index in [1.807, 2.05) is 73.2 Å². The fourth-order valence-electron chi connectivity index (χ4n) is 4.05. The highest BCUT2D eigenvalue weighted by atomic mass is 16.6. The van der Waals surface area contributed by atoms with Crippen molar-refractivity contribution in [3.8, 4) is 22.5 Å². The molecule has 5 nitrogen and oxygen atoms in total. The van der Waals surface area contributed by atoms with Crippen LogP contribution in [0.4, 0.5) is 5.69 Å². The molecule has 2 aromatic rings. The standard InChI is InChI=1S/C28H33N2O3/c1-28(2,3)33-27(31)21-11-9-8-10-20(21)26-22-14-12-18(29(4)5)16-24(22)32-25-17-19(30(6)7)13-15-23(25)26/h8-17,27,31H,1-7H3/q+1. The highest BCUT2D eigenvalue weighted by molar-refractivity contribution is 6.03. The molecule has 2 aromatic carbocycles. The van der Waals surface area contributed by atoms with Crippen LogP contribution in [-0.2, 0) is 4.74 Å². The van der Waals surface area contributed by atoms with Gasteiger partial charge in [-0.3, -0.25) is 0 Å². The summed E-state index contributed by atoms with van der Waals surface area (Å²) in [7, 11) is 8.07. The Bertz CT molecular complexity index is 1340. The number of benzene rings is 3. The van der Waals surface area contributed by atoms with Gasteiger partial charge in [0.2, 0.25) is 5.36 Å². The first-order chi connectivity index (χ1) is 15.5. The molecule has 4 rings (SSSR count). The van der Waals surface area contributed by atoms with Crippen molar-refractivity contribution in [2.24, 2.45) is 0 Å². The first-order valence-electron chi connectivity index (χ1n) is 11.2. The Kier molecular flexibility index (Phi) is 6.04. The molecule has 0 bridgehead atoms. The smallest absolute Gasteiger partial charge is 0.203 e. The van der Waals surface area contributed by atoms with E-state index in [9.17, 15) is 5.11 Å². The number of hydrogen-bond donors (Lipinski definition) is 1. The molecule has 1 N–H and O–H groups in total. The molecule has 0 spiro atoms. The van der Waals surface area contributed by atoms with Crippen LogP contribution in [-0.4, -0.2) is 38.9 Å². The Morgan fingerprint density at radius 3 is 2.33 bits per heavy atom. The number of rotatable bonds is 4. The second-order valence-corrected chi connectivity index (χ2v) is 9.80. The van der Waals surface area contributed by atoms with E-state index < -0.39 is 11.9 Å². The molecule has 1 atom stereocenters. The molecule has 1 aliphatic heterocycles. The van der Waals surface area contributed by atoms with E-state index in [4.69, 9.17) is 9.15 Å². The summed E-state index contributed by atoms with van der Waals surface area (Å²) in [5.41, 5.74) is 5.04. The zero-order valence-corrected chi connectivity index (χ0v) is 20.5. The zero-order chi connectivity index (χ0) is 23.9. The highest BCUT2D eigenvalue weighted by Crippen LogP contribution is 2.43. The van der Waals surface area contributed by atoms with E-state index in [0.29, 0.717) is 0 Å². The number of fused-ring (bicyclic) bond motifs is 2. The van der Waals surface area contributed by atoms with E-state index in [1.165, 1.54) is 0 Å². The van der Waals surface area contributed by atoms with E-state index in [2.05, 4.69) is 45.9 Å². The van der Waals surface area contributed by atoms with Crippen molar-refractivity contribution in [3.63, 3.8) is 0 Å². The Morgan fingerprint density at radius 1 is 0.939 bits per heavy atom. The predicted molar refractivity (Wildman–Crippen MR) is 136 cm³/mol. The van der Waals surface area contributed by atoms with Gasteiger partial charge in [0.05, 0.1) is 11.7 Å². The molecule has 0 saturated carbocycles. The van der Waals surface area contributed by atoms with Crippen molar-refractivity contribution in [2.75, 3.05) is 33.1 Å². The molecule has 33 heavy (non-hydrogen) atoms. The van der Waals surface area contributed by atoms with Crippen molar-refractivity contribution in [3.05, 3.63) is 71.6 Å². The molecule has 0 radical (unpaired) electrons. The van der Waals surface area contributed by atoms with Crippen LogP contribution >= 0.6 is 0 Å². The number of hydrogen-bond acceptors (Lipinski definition) is 4. The average Bonchev–Trinajstić information content (AvgIpc) is 2.75. The highest BCUT2D eigenvalue weighted by Gasteiger charge is 2.25. The Labute approximate surface area is 195 Å². The summed E-state index contributed by atoms with van der Waals surface area (Å²) in [6.07, 6.45) is -1.05. The zero-order valence-electron chi connectivity index (χ0n) is 20.5. The van der Waals surface area contributed by atoms with Crippen molar-refractivity contribution < 1.29 is 14.3 Å². The lowest BCUT2D eigenvalue weighted by atomic mass is 9.90. The number of aliphatic hydroxyl groups excluding tert-OH is 1.